The number of alkyl halides is 1. The minimum absolute atomic E-state index is 0.401. The fourth-order valence-corrected chi connectivity index (χ4v) is 6.71. The molecule has 0 spiro atoms. The van der Waals surface area contributed by atoms with E-state index in [4.69, 9.17) is 35.6 Å². The molecule has 298 valence electrons. The molecule has 0 N–H and O–H groups in total. The van der Waals surface area contributed by atoms with Gasteiger partial charge in [-0.1, -0.05) is 174 Å². The van der Waals surface area contributed by atoms with Gasteiger partial charge in [-0.05, 0) is 45.3 Å². The molecule has 0 saturated carbocycles. The molecule has 0 aliphatic carbocycles. The van der Waals surface area contributed by atoms with E-state index in [0.717, 1.165) is 43.3 Å². The minimum Gasteiger partial charge on any atom is -0.399 e. The highest BCUT2D eigenvalue weighted by Crippen LogP contribution is 2.37. The Morgan fingerprint density at radius 2 is 0.717 bits per heavy atom. The Bertz CT molecular complexity index is 2550. The maximum atomic E-state index is 9.96. The van der Waals surface area contributed by atoms with E-state index < -0.39 is 25.5 Å². The molecule has 0 atom stereocenters. The van der Waals surface area contributed by atoms with Crippen LogP contribution in [0.15, 0.2) is 174 Å². The summed E-state index contributed by atoms with van der Waals surface area (Å²) in [5, 5.41) is 0. The van der Waals surface area contributed by atoms with Crippen molar-refractivity contribution in [2.24, 2.45) is 0 Å². The first kappa shape index (κ1) is 40.5. The number of rotatable bonds is 7. The average Bonchev–Trinajstić information content (AvgIpc) is 3.53. The van der Waals surface area contributed by atoms with E-state index in [1.165, 1.54) is 0 Å². The van der Waals surface area contributed by atoms with Crippen LogP contribution < -0.4 is 5.46 Å². The summed E-state index contributed by atoms with van der Waals surface area (Å²) in [7, 11) is -1.45. The van der Waals surface area contributed by atoms with Crippen molar-refractivity contribution in [1.29, 1.82) is 0 Å². The van der Waals surface area contributed by atoms with Crippen molar-refractivity contribution in [2.75, 3.05) is 7.15 Å². The van der Waals surface area contributed by atoms with E-state index >= 15 is 0 Å². The third-order valence-corrected chi connectivity index (χ3v) is 10.6. The zero-order valence-electron chi connectivity index (χ0n) is 34.7. The standard InChI is InChI=1S/C27H26BN3O2.C21H14BrN3.CH3F/c1-26(2)27(3,4)33-28(32-26)22-17-11-16-21(18-22)25-30-23(19-12-7-5-8-13-19)29-24(31-25)20-14-9-6-10-15-20;22-18-13-7-12-17(14-18)21-24-19(15-8-3-1-4-9-15)23-20(25-21)16-10-5-2-6-11-16;1-2/h5-18H,1-4H3;1-14H;1H3/i;;1D. The van der Waals surface area contributed by atoms with Crippen LogP contribution in [-0.2, 0) is 9.31 Å². The molecule has 0 unspecified atom stereocenters. The third-order valence-electron chi connectivity index (χ3n) is 10.2. The lowest BCUT2D eigenvalue weighted by molar-refractivity contribution is 0.00578. The summed E-state index contributed by atoms with van der Waals surface area (Å²) in [5.41, 5.74) is 5.81. The van der Waals surface area contributed by atoms with Crippen molar-refractivity contribution in [3.63, 3.8) is 0 Å². The van der Waals surface area contributed by atoms with Crippen molar-refractivity contribution in [2.45, 2.75) is 38.9 Å². The van der Waals surface area contributed by atoms with Crippen LogP contribution in [0.3, 0.4) is 0 Å². The molecular weight excluding hydrogens is 814 g/mol. The van der Waals surface area contributed by atoms with Crippen LogP contribution in [0.5, 0.6) is 0 Å². The quantitative estimate of drug-likeness (QED) is 0.146. The van der Waals surface area contributed by atoms with Gasteiger partial charge in [0.05, 0.1) is 19.7 Å². The fourth-order valence-electron chi connectivity index (χ4n) is 6.31. The highest BCUT2D eigenvalue weighted by molar-refractivity contribution is 9.10. The Hall–Kier alpha value is -6.27. The highest BCUT2D eigenvalue weighted by Gasteiger charge is 2.51. The minimum atomic E-state index is -1.00. The van der Waals surface area contributed by atoms with E-state index in [9.17, 15) is 4.39 Å². The summed E-state index contributed by atoms with van der Waals surface area (Å²) in [6.07, 6.45) is 0. The first-order valence-corrected chi connectivity index (χ1v) is 20.1. The summed E-state index contributed by atoms with van der Waals surface area (Å²) in [6.45, 7) is 8.23. The molecule has 1 saturated heterocycles. The molecule has 8 aromatic rings. The van der Waals surface area contributed by atoms with Gasteiger partial charge in [0.2, 0.25) is 0 Å². The van der Waals surface area contributed by atoms with Gasteiger partial charge >= 0.3 is 7.12 Å². The van der Waals surface area contributed by atoms with Crippen LogP contribution >= 0.6 is 15.9 Å². The largest absolute Gasteiger partial charge is 0.494 e. The SMILES string of the molecule is Brc1cccc(-c2nc(-c3ccccc3)nc(-c3ccccc3)n2)c1.CC1(C)OB(c2cccc(-c3nc(-c4ccccc4)nc(-c4ccccc4)n3)c2)OC1(C)C.[2H]CF. The highest BCUT2D eigenvalue weighted by atomic mass is 79.9. The first-order valence-electron chi connectivity index (χ1n) is 20.1. The molecule has 2 aromatic heterocycles. The Morgan fingerprint density at radius 3 is 1.05 bits per heavy atom. The smallest absolute Gasteiger partial charge is 0.399 e. The number of hydrogen-bond acceptors (Lipinski definition) is 8. The summed E-state index contributed by atoms with van der Waals surface area (Å²) in [4.78, 5) is 28.5. The van der Waals surface area contributed by atoms with E-state index in [1.807, 2.05) is 170 Å². The van der Waals surface area contributed by atoms with Crippen LogP contribution in [0.25, 0.3) is 68.3 Å². The van der Waals surface area contributed by atoms with Crippen LogP contribution in [0, 0.1) is 0 Å². The number of hydrogen-bond donors (Lipinski definition) is 0. The van der Waals surface area contributed by atoms with Gasteiger partial charge in [-0.15, -0.1) is 0 Å². The van der Waals surface area contributed by atoms with E-state index in [1.54, 1.807) is 0 Å². The molecule has 1 aliphatic heterocycles. The normalized spacial score (nSPS) is 13.9. The van der Waals surface area contributed by atoms with Gasteiger partial charge in [-0.3, -0.25) is 4.39 Å². The predicted octanol–water partition coefficient (Wildman–Crippen LogP) is 11.4. The topological polar surface area (TPSA) is 95.8 Å². The van der Waals surface area contributed by atoms with Crippen LogP contribution in [0.4, 0.5) is 4.39 Å². The van der Waals surface area contributed by atoms with Crippen molar-refractivity contribution in [3.8, 4) is 68.3 Å². The molecular formula is C49H43BBrFN6O2. The Labute approximate surface area is 360 Å². The second kappa shape index (κ2) is 18.8. The Morgan fingerprint density at radius 1 is 0.433 bits per heavy atom. The second-order valence-corrected chi connectivity index (χ2v) is 15.7. The predicted molar refractivity (Wildman–Crippen MR) is 243 cm³/mol. The number of nitrogens with zero attached hydrogens (tertiary/aromatic N) is 6. The number of aromatic nitrogens is 6. The average molecular weight is 859 g/mol. The Balaban J connectivity index is 0.000000179. The number of benzene rings is 6. The lowest BCUT2D eigenvalue weighted by Crippen LogP contribution is -2.41. The summed E-state index contributed by atoms with van der Waals surface area (Å²) < 4.78 is 29.0. The monoisotopic (exact) mass is 857 g/mol. The molecule has 1 fully saturated rings. The molecule has 9 rings (SSSR count). The molecule has 60 heavy (non-hydrogen) atoms. The molecule has 0 radical (unpaired) electrons. The van der Waals surface area contributed by atoms with Gasteiger partial charge in [0.15, 0.2) is 34.9 Å². The van der Waals surface area contributed by atoms with Gasteiger partial charge in [0, 0.05) is 37.9 Å². The van der Waals surface area contributed by atoms with E-state index in [2.05, 4.69) is 48.6 Å². The fraction of sp³-hybridized carbons (Fsp3) is 0.143. The zero-order chi connectivity index (χ0) is 42.8. The van der Waals surface area contributed by atoms with Crippen molar-refractivity contribution in [1.82, 2.24) is 29.9 Å². The molecule has 8 nitrogen and oxygen atoms in total. The Kier molecular flexibility index (Phi) is 12.7. The van der Waals surface area contributed by atoms with Gasteiger partial charge in [-0.2, -0.15) is 0 Å². The molecule has 1 aliphatic rings. The molecule has 6 aromatic carbocycles. The van der Waals surface area contributed by atoms with Crippen LogP contribution in [0.2, 0.25) is 0 Å². The van der Waals surface area contributed by atoms with Gasteiger partial charge < -0.3 is 9.31 Å². The van der Waals surface area contributed by atoms with Crippen molar-refractivity contribution < 1.29 is 15.1 Å². The third kappa shape index (κ3) is 9.77. The summed E-state index contributed by atoms with van der Waals surface area (Å²) >= 11 is 3.52. The molecule has 11 heteroatoms. The maximum absolute atomic E-state index is 9.96. The van der Waals surface area contributed by atoms with Gasteiger partial charge in [0.1, 0.15) is 0 Å². The lowest BCUT2D eigenvalue weighted by Gasteiger charge is -2.32. The number of halogens is 2. The summed E-state index contributed by atoms with van der Waals surface area (Å²) in [5.74, 6) is 3.89. The van der Waals surface area contributed by atoms with E-state index in [-0.39, 0.29) is 0 Å². The summed E-state index contributed by atoms with van der Waals surface area (Å²) in [6, 6.07) is 55.9. The van der Waals surface area contributed by atoms with E-state index in [0.29, 0.717) is 34.9 Å². The molecule has 3 heterocycles. The van der Waals surface area contributed by atoms with Gasteiger partial charge in [0.25, 0.3) is 0 Å². The van der Waals surface area contributed by atoms with Gasteiger partial charge in [-0.25, -0.2) is 29.9 Å². The molecule has 0 bridgehead atoms. The van der Waals surface area contributed by atoms with Crippen molar-refractivity contribution in [3.05, 3.63) is 174 Å². The van der Waals surface area contributed by atoms with Crippen LogP contribution in [0.1, 0.15) is 29.1 Å². The maximum Gasteiger partial charge on any atom is 0.494 e. The van der Waals surface area contributed by atoms with Crippen LogP contribution in [-0.4, -0.2) is 55.4 Å². The lowest BCUT2D eigenvalue weighted by atomic mass is 9.78. The second-order valence-electron chi connectivity index (χ2n) is 14.8. The van der Waals surface area contributed by atoms with Crippen molar-refractivity contribution >= 4 is 28.5 Å². The zero-order valence-corrected chi connectivity index (χ0v) is 35.3. The molecule has 0 amide bonds. The first-order chi connectivity index (χ1) is 29.5.